The topological polar surface area (TPSA) is 46.3 Å². The molecule has 1 aromatic heterocycles. The Morgan fingerprint density at radius 2 is 1.48 bits per heavy atom. The lowest BCUT2D eigenvalue weighted by Gasteiger charge is -2.41. The number of amides is 1. The highest BCUT2D eigenvalue weighted by molar-refractivity contribution is 5.92. The summed E-state index contributed by atoms with van der Waals surface area (Å²) in [5, 5.41) is 4.15. The molecule has 3 fully saturated rings. The largest absolute Gasteiger partial charge is 0.351 e. The van der Waals surface area contributed by atoms with Crippen molar-refractivity contribution in [2.45, 2.75) is 95.1 Å². The average Bonchev–Trinajstić information content (AvgIpc) is 3.34. The van der Waals surface area contributed by atoms with Crippen LogP contribution in [0.15, 0.2) is 10.6 Å². The maximum Gasteiger partial charge on any atom is 0.292 e. The zero-order chi connectivity index (χ0) is 15.6. The van der Waals surface area contributed by atoms with Crippen LogP contribution in [0.3, 0.4) is 0 Å². The standard InChI is InChI=1S/C19H28N2O2/c22-19(18-13-17(20-23-18)14-11-12-14)21(15-7-3-1-4-8-15)16-9-5-2-6-10-16/h13-16H,1-12H2. The molecule has 0 unspecified atom stereocenters. The average molecular weight is 316 g/mol. The summed E-state index contributed by atoms with van der Waals surface area (Å²) in [6, 6.07) is 2.74. The van der Waals surface area contributed by atoms with E-state index in [1.165, 1.54) is 51.4 Å². The van der Waals surface area contributed by atoms with Gasteiger partial charge >= 0.3 is 0 Å². The lowest BCUT2D eigenvalue weighted by atomic mass is 9.88. The molecule has 0 saturated heterocycles. The molecule has 0 bridgehead atoms. The monoisotopic (exact) mass is 316 g/mol. The number of aromatic nitrogens is 1. The van der Waals surface area contributed by atoms with E-state index >= 15 is 0 Å². The number of nitrogens with zero attached hydrogens (tertiary/aromatic N) is 2. The predicted molar refractivity (Wildman–Crippen MR) is 88.4 cm³/mol. The van der Waals surface area contributed by atoms with Gasteiger partial charge < -0.3 is 9.42 Å². The second-order valence-corrected chi connectivity index (χ2v) is 7.69. The third-order valence-electron chi connectivity index (χ3n) is 5.91. The Labute approximate surface area is 138 Å². The molecule has 4 heteroatoms. The Balaban J connectivity index is 1.55. The fourth-order valence-electron chi connectivity index (χ4n) is 4.44. The van der Waals surface area contributed by atoms with Crippen molar-refractivity contribution in [1.29, 1.82) is 0 Å². The summed E-state index contributed by atoms with van der Waals surface area (Å²) in [5.74, 6) is 1.12. The predicted octanol–water partition coefficient (Wildman–Crippen LogP) is 4.66. The molecule has 1 aromatic rings. The molecule has 0 aromatic carbocycles. The minimum atomic E-state index is 0.100. The van der Waals surface area contributed by atoms with Gasteiger partial charge in [-0.25, -0.2) is 0 Å². The number of carbonyl (C=O) groups excluding carboxylic acids is 1. The van der Waals surface area contributed by atoms with E-state index in [1.807, 2.05) is 6.07 Å². The lowest BCUT2D eigenvalue weighted by Crippen LogP contribution is -2.48. The normalized spacial score (nSPS) is 23.8. The SMILES string of the molecule is O=C(c1cc(C2CC2)no1)N(C1CCCCC1)C1CCCCC1. The highest BCUT2D eigenvalue weighted by Crippen LogP contribution is 2.40. The minimum absolute atomic E-state index is 0.100. The Morgan fingerprint density at radius 1 is 0.913 bits per heavy atom. The van der Waals surface area contributed by atoms with Crippen molar-refractivity contribution < 1.29 is 9.32 Å². The molecular weight excluding hydrogens is 288 g/mol. The van der Waals surface area contributed by atoms with Gasteiger partial charge in [0.25, 0.3) is 5.91 Å². The van der Waals surface area contributed by atoms with E-state index in [-0.39, 0.29) is 5.91 Å². The van der Waals surface area contributed by atoms with Crippen molar-refractivity contribution in [2.24, 2.45) is 0 Å². The van der Waals surface area contributed by atoms with E-state index in [4.69, 9.17) is 4.52 Å². The van der Waals surface area contributed by atoms with Gasteiger partial charge in [0.15, 0.2) is 0 Å². The molecule has 3 aliphatic rings. The molecule has 126 valence electrons. The van der Waals surface area contributed by atoms with Crippen molar-refractivity contribution in [1.82, 2.24) is 10.1 Å². The van der Waals surface area contributed by atoms with Gasteiger partial charge in [0.1, 0.15) is 0 Å². The van der Waals surface area contributed by atoms with Crippen molar-refractivity contribution in [3.63, 3.8) is 0 Å². The molecule has 0 aliphatic heterocycles. The molecule has 1 heterocycles. The fraction of sp³-hybridized carbons (Fsp3) is 0.789. The maximum atomic E-state index is 13.2. The van der Waals surface area contributed by atoms with Crippen LogP contribution in [0.1, 0.15) is 99.2 Å². The first-order valence-electron chi connectivity index (χ1n) is 9.62. The highest BCUT2D eigenvalue weighted by atomic mass is 16.5. The van der Waals surface area contributed by atoms with Crippen molar-refractivity contribution in [3.05, 3.63) is 17.5 Å². The van der Waals surface area contributed by atoms with E-state index < -0.39 is 0 Å². The van der Waals surface area contributed by atoms with E-state index in [0.29, 0.717) is 23.8 Å². The molecule has 0 radical (unpaired) electrons. The molecule has 0 spiro atoms. The van der Waals surface area contributed by atoms with Crippen LogP contribution in [-0.2, 0) is 0 Å². The Morgan fingerprint density at radius 3 is 2.00 bits per heavy atom. The third-order valence-corrected chi connectivity index (χ3v) is 5.91. The number of hydrogen-bond donors (Lipinski definition) is 0. The van der Waals surface area contributed by atoms with Gasteiger partial charge in [-0.05, 0) is 38.5 Å². The summed E-state index contributed by atoms with van der Waals surface area (Å²) >= 11 is 0. The van der Waals surface area contributed by atoms with Crippen molar-refractivity contribution in [3.8, 4) is 0 Å². The van der Waals surface area contributed by atoms with Crippen LogP contribution in [0.2, 0.25) is 0 Å². The minimum Gasteiger partial charge on any atom is -0.351 e. The second kappa shape index (κ2) is 6.66. The zero-order valence-electron chi connectivity index (χ0n) is 14.0. The molecule has 4 rings (SSSR count). The summed E-state index contributed by atoms with van der Waals surface area (Å²) in [4.78, 5) is 15.4. The van der Waals surface area contributed by atoms with Crippen LogP contribution >= 0.6 is 0 Å². The zero-order valence-corrected chi connectivity index (χ0v) is 14.0. The van der Waals surface area contributed by atoms with E-state index in [2.05, 4.69) is 10.1 Å². The molecule has 4 nitrogen and oxygen atoms in total. The molecular formula is C19H28N2O2. The number of rotatable bonds is 4. The quantitative estimate of drug-likeness (QED) is 0.811. The smallest absolute Gasteiger partial charge is 0.292 e. The van der Waals surface area contributed by atoms with Gasteiger partial charge in [-0.2, -0.15) is 0 Å². The van der Waals surface area contributed by atoms with E-state index in [9.17, 15) is 4.79 Å². The van der Waals surface area contributed by atoms with Gasteiger partial charge in [-0.15, -0.1) is 0 Å². The summed E-state index contributed by atoms with van der Waals surface area (Å²) in [7, 11) is 0. The van der Waals surface area contributed by atoms with Crippen LogP contribution in [0.5, 0.6) is 0 Å². The van der Waals surface area contributed by atoms with Crippen LogP contribution in [-0.4, -0.2) is 28.0 Å². The first-order valence-corrected chi connectivity index (χ1v) is 9.62. The number of carbonyl (C=O) groups is 1. The third kappa shape index (κ3) is 3.31. The first kappa shape index (κ1) is 15.2. The number of hydrogen-bond acceptors (Lipinski definition) is 3. The van der Waals surface area contributed by atoms with E-state index in [0.717, 1.165) is 31.4 Å². The van der Waals surface area contributed by atoms with Crippen LogP contribution in [0.25, 0.3) is 0 Å². The van der Waals surface area contributed by atoms with Crippen LogP contribution in [0.4, 0.5) is 0 Å². The molecule has 0 atom stereocenters. The molecule has 23 heavy (non-hydrogen) atoms. The summed E-state index contributed by atoms with van der Waals surface area (Å²) in [5.41, 5.74) is 0.987. The Kier molecular flexibility index (Phi) is 4.41. The Bertz CT molecular complexity index is 519. The van der Waals surface area contributed by atoms with Gasteiger partial charge in [-0.3, -0.25) is 4.79 Å². The van der Waals surface area contributed by atoms with Gasteiger partial charge in [0, 0.05) is 24.1 Å². The fourth-order valence-corrected chi connectivity index (χ4v) is 4.44. The van der Waals surface area contributed by atoms with Crippen molar-refractivity contribution >= 4 is 5.91 Å². The molecule has 1 amide bonds. The van der Waals surface area contributed by atoms with Gasteiger partial charge in [-0.1, -0.05) is 43.7 Å². The van der Waals surface area contributed by atoms with Gasteiger partial charge in [0.05, 0.1) is 5.69 Å². The summed E-state index contributed by atoms with van der Waals surface area (Å²) < 4.78 is 5.45. The summed E-state index contributed by atoms with van der Waals surface area (Å²) in [6.45, 7) is 0. The van der Waals surface area contributed by atoms with Crippen LogP contribution in [0, 0.1) is 0 Å². The van der Waals surface area contributed by atoms with E-state index in [1.54, 1.807) is 0 Å². The lowest BCUT2D eigenvalue weighted by molar-refractivity contribution is 0.0408. The molecule has 3 saturated carbocycles. The van der Waals surface area contributed by atoms with Gasteiger partial charge in [0.2, 0.25) is 5.76 Å². The highest BCUT2D eigenvalue weighted by Gasteiger charge is 2.36. The van der Waals surface area contributed by atoms with Crippen LogP contribution < -0.4 is 0 Å². The first-order chi connectivity index (χ1) is 11.3. The second-order valence-electron chi connectivity index (χ2n) is 7.69. The molecule has 3 aliphatic carbocycles. The Hall–Kier alpha value is -1.32. The summed E-state index contributed by atoms with van der Waals surface area (Å²) in [6.07, 6.45) is 14.7. The molecule has 0 N–H and O–H groups in total. The van der Waals surface area contributed by atoms with Crippen molar-refractivity contribution in [2.75, 3.05) is 0 Å². The maximum absolute atomic E-state index is 13.2.